The number of rotatable bonds is 5. The maximum Gasteiger partial charge on any atom is 0.315 e. The van der Waals surface area contributed by atoms with Gasteiger partial charge in [-0.25, -0.2) is 9.18 Å². The highest BCUT2D eigenvalue weighted by atomic mass is 19.1. The van der Waals surface area contributed by atoms with E-state index in [1.807, 2.05) is 39.2 Å². The third kappa shape index (κ3) is 3.27. The van der Waals surface area contributed by atoms with Crippen LogP contribution < -0.4 is 10.6 Å². The molecule has 0 spiro atoms. The summed E-state index contributed by atoms with van der Waals surface area (Å²) in [5.41, 5.74) is 2.33. The minimum atomic E-state index is -0.254. The fraction of sp³-hybridized carbons (Fsp3) is 0.444. The summed E-state index contributed by atoms with van der Waals surface area (Å²) in [5, 5.41) is 10.1. The summed E-state index contributed by atoms with van der Waals surface area (Å²) in [6.45, 7) is 4.29. The molecule has 1 aromatic carbocycles. The van der Waals surface area contributed by atoms with Crippen molar-refractivity contribution < 1.29 is 9.18 Å². The SMILES string of the molecule is Cc1nn(C)cc1[C@H](C)NC(=O)NCC1(c2ccccc2F)CC1. The number of aromatic nitrogens is 2. The van der Waals surface area contributed by atoms with Gasteiger partial charge in [0, 0.05) is 30.8 Å². The molecule has 0 saturated heterocycles. The maximum absolute atomic E-state index is 14.0. The lowest BCUT2D eigenvalue weighted by Crippen LogP contribution is -2.41. The lowest BCUT2D eigenvalue weighted by atomic mass is 9.95. The standard InChI is InChI=1S/C18H23FN4O/c1-12(14-10-23(3)22-13(14)2)21-17(24)20-11-18(8-9-18)15-6-4-5-7-16(15)19/h4-7,10,12H,8-9,11H2,1-3H3,(H2,20,21,24)/t12-/m0/s1. The minimum Gasteiger partial charge on any atom is -0.337 e. The molecule has 2 aromatic rings. The molecule has 1 fully saturated rings. The molecule has 0 unspecified atom stereocenters. The fourth-order valence-corrected chi connectivity index (χ4v) is 3.20. The first-order valence-electron chi connectivity index (χ1n) is 8.21. The Morgan fingerprint density at radius 2 is 2.12 bits per heavy atom. The number of nitrogens with one attached hydrogen (secondary N) is 2. The number of hydrogen-bond acceptors (Lipinski definition) is 2. The van der Waals surface area contributed by atoms with E-state index in [1.54, 1.807) is 10.7 Å². The van der Waals surface area contributed by atoms with Crippen LogP contribution in [0.5, 0.6) is 0 Å². The van der Waals surface area contributed by atoms with E-state index in [9.17, 15) is 9.18 Å². The minimum absolute atomic E-state index is 0.137. The van der Waals surface area contributed by atoms with E-state index in [-0.39, 0.29) is 23.3 Å². The quantitative estimate of drug-likeness (QED) is 0.885. The Morgan fingerprint density at radius 3 is 2.71 bits per heavy atom. The van der Waals surface area contributed by atoms with Gasteiger partial charge in [0.2, 0.25) is 0 Å². The van der Waals surface area contributed by atoms with Crippen molar-refractivity contribution in [3.63, 3.8) is 0 Å². The molecule has 1 aromatic heterocycles. The monoisotopic (exact) mass is 330 g/mol. The lowest BCUT2D eigenvalue weighted by molar-refractivity contribution is 0.236. The number of aryl methyl sites for hydroxylation is 2. The number of hydrogen-bond donors (Lipinski definition) is 2. The van der Waals surface area contributed by atoms with Crippen molar-refractivity contribution in [1.29, 1.82) is 0 Å². The molecule has 6 heteroatoms. The van der Waals surface area contributed by atoms with Crippen LogP contribution in [-0.4, -0.2) is 22.4 Å². The average Bonchev–Trinajstić information content (AvgIpc) is 3.24. The molecule has 5 nitrogen and oxygen atoms in total. The lowest BCUT2D eigenvalue weighted by Gasteiger charge is -2.19. The number of amides is 2. The van der Waals surface area contributed by atoms with Gasteiger partial charge in [0.1, 0.15) is 5.82 Å². The van der Waals surface area contributed by atoms with Gasteiger partial charge in [0.25, 0.3) is 0 Å². The molecule has 0 radical (unpaired) electrons. The molecule has 1 saturated carbocycles. The van der Waals surface area contributed by atoms with Crippen LogP contribution in [0.15, 0.2) is 30.5 Å². The second-order valence-corrected chi connectivity index (χ2v) is 6.65. The highest BCUT2D eigenvalue weighted by molar-refractivity contribution is 5.74. The first kappa shape index (κ1) is 16.5. The summed E-state index contributed by atoms with van der Waals surface area (Å²) in [6.07, 6.45) is 3.69. The van der Waals surface area contributed by atoms with Crippen molar-refractivity contribution in [3.05, 3.63) is 53.1 Å². The van der Waals surface area contributed by atoms with E-state index in [0.717, 1.165) is 24.1 Å². The molecule has 24 heavy (non-hydrogen) atoms. The first-order chi connectivity index (χ1) is 11.4. The van der Waals surface area contributed by atoms with Gasteiger partial charge in [-0.3, -0.25) is 4.68 Å². The number of halogens is 1. The molecule has 1 aliphatic rings. The molecule has 0 bridgehead atoms. The van der Waals surface area contributed by atoms with Gasteiger partial charge in [-0.05, 0) is 38.3 Å². The average molecular weight is 330 g/mol. The third-order valence-corrected chi connectivity index (χ3v) is 4.75. The Kier molecular flexibility index (Phi) is 4.30. The predicted molar refractivity (Wildman–Crippen MR) is 90.2 cm³/mol. The van der Waals surface area contributed by atoms with Crippen molar-refractivity contribution in [2.45, 2.75) is 38.1 Å². The molecule has 128 valence electrons. The summed E-state index contributed by atoms with van der Waals surface area (Å²) in [6, 6.07) is 6.43. The van der Waals surface area contributed by atoms with Crippen molar-refractivity contribution in [2.24, 2.45) is 7.05 Å². The summed E-state index contributed by atoms with van der Waals surface area (Å²) in [7, 11) is 1.86. The molecule has 1 aliphatic carbocycles. The van der Waals surface area contributed by atoms with Crippen LogP contribution in [0.4, 0.5) is 9.18 Å². The van der Waals surface area contributed by atoms with Crippen molar-refractivity contribution in [1.82, 2.24) is 20.4 Å². The molecule has 2 amide bonds. The van der Waals surface area contributed by atoms with E-state index in [2.05, 4.69) is 15.7 Å². The van der Waals surface area contributed by atoms with Gasteiger partial charge >= 0.3 is 6.03 Å². The van der Waals surface area contributed by atoms with Gasteiger partial charge < -0.3 is 10.6 Å². The van der Waals surface area contributed by atoms with Crippen LogP contribution in [0.2, 0.25) is 0 Å². The van der Waals surface area contributed by atoms with Gasteiger partial charge in [0.05, 0.1) is 11.7 Å². The number of benzene rings is 1. The zero-order valence-corrected chi connectivity index (χ0v) is 14.3. The van der Waals surface area contributed by atoms with E-state index in [4.69, 9.17) is 0 Å². The fourth-order valence-electron chi connectivity index (χ4n) is 3.20. The molecule has 3 rings (SSSR count). The van der Waals surface area contributed by atoms with E-state index >= 15 is 0 Å². The molecular weight excluding hydrogens is 307 g/mol. The highest BCUT2D eigenvalue weighted by Crippen LogP contribution is 2.48. The summed E-state index contributed by atoms with van der Waals surface area (Å²) in [5.74, 6) is -0.198. The molecule has 2 N–H and O–H groups in total. The largest absolute Gasteiger partial charge is 0.337 e. The predicted octanol–water partition coefficient (Wildman–Crippen LogP) is 2.96. The van der Waals surface area contributed by atoms with E-state index in [0.29, 0.717) is 12.1 Å². The Labute approximate surface area is 141 Å². The van der Waals surface area contributed by atoms with Crippen LogP contribution in [0, 0.1) is 12.7 Å². The third-order valence-electron chi connectivity index (χ3n) is 4.75. The normalized spacial score (nSPS) is 16.5. The van der Waals surface area contributed by atoms with Crippen molar-refractivity contribution in [3.8, 4) is 0 Å². The van der Waals surface area contributed by atoms with Crippen molar-refractivity contribution in [2.75, 3.05) is 6.54 Å². The van der Waals surface area contributed by atoms with Crippen LogP contribution in [-0.2, 0) is 12.5 Å². The van der Waals surface area contributed by atoms with E-state index in [1.165, 1.54) is 6.07 Å². The van der Waals surface area contributed by atoms with Gasteiger partial charge in [-0.15, -0.1) is 0 Å². The van der Waals surface area contributed by atoms with Crippen LogP contribution in [0.25, 0.3) is 0 Å². The van der Waals surface area contributed by atoms with Gasteiger partial charge in [-0.2, -0.15) is 5.10 Å². The number of nitrogens with zero attached hydrogens (tertiary/aromatic N) is 2. The van der Waals surface area contributed by atoms with Crippen LogP contribution >= 0.6 is 0 Å². The first-order valence-corrected chi connectivity index (χ1v) is 8.21. The van der Waals surface area contributed by atoms with Crippen LogP contribution in [0.1, 0.15) is 42.6 Å². The summed E-state index contributed by atoms with van der Waals surface area (Å²) in [4.78, 5) is 12.2. The molecule has 1 atom stereocenters. The Bertz CT molecular complexity index is 751. The zero-order valence-electron chi connectivity index (χ0n) is 14.3. The Hall–Kier alpha value is -2.37. The molecule has 1 heterocycles. The maximum atomic E-state index is 14.0. The number of carbonyl (C=O) groups is 1. The van der Waals surface area contributed by atoms with Crippen molar-refractivity contribution >= 4 is 6.03 Å². The summed E-state index contributed by atoms with van der Waals surface area (Å²) < 4.78 is 15.7. The molecular formula is C18H23FN4O. The highest BCUT2D eigenvalue weighted by Gasteiger charge is 2.46. The zero-order chi connectivity index (χ0) is 17.3. The summed E-state index contributed by atoms with van der Waals surface area (Å²) >= 11 is 0. The van der Waals surface area contributed by atoms with Gasteiger partial charge in [-0.1, -0.05) is 18.2 Å². The van der Waals surface area contributed by atoms with E-state index < -0.39 is 0 Å². The smallest absolute Gasteiger partial charge is 0.315 e. The van der Waals surface area contributed by atoms with Gasteiger partial charge in [0.15, 0.2) is 0 Å². The van der Waals surface area contributed by atoms with Crippen LogP contribution in [0.3, 0.4) is 0 Å². The Morgan fingerprint density at radius 1 is 1.42 bits per heavy atom. The Balaban J connectivity index is 1.58. The topological polar surface area (TPSA) is 59.0 Å². The molecule has 0 aliphatic heterocycles. The second kappa shape index (κ2) is 6.26. The second-order valence-electron chi connectivity index (χ2n) is 6.65. The number of carbonyl (C=O) groups excluding carboxylic acids is 1. The number of urea groups is 1.